The van der Waals surface area contributed by atoms with E-state index in [1.165, 1.54) is 0 Å². The molecule has 15 heavy (non-hydrogen) atoms. The lowest BCUT2D eigenvalue weighted by molar-refractivity contribution is 0.441. The summed E-state index contributed by atoms with van der Waals surface area (Å²) in [5.41, 5.74) is 0. The van der Waals surface area contributed by atoms with Gasteiger partial charge in [0.1, 0.15) is 5.40 Å². The first-order valence-corrected chi connectivity index (χ1v) is 7.00. The fourth-order valence-corrected chi connectivity index (χ4v) is 4.08. The first kappa shape index (κ1) is 14.6. The molecule has 0 aromatic heterocycles. The quantitative estimate of drug-likeness (QED) is 0.498. The Morgan fingerprint density at radius 1 is 1.13 bits per heavy atom. The molecule has 0 spiro atoms. The SMILES string of the molecule is N#CSC1CCC(Cl)(Cl)C(Cl)(Cl)C1(Cl)Cl. The minimum Gasteiger partial charge on any atom is -0.185 e. The van der Waals surface area contributed by atoms with E-state index in [-0.39, 0.29) is 0 Å². The molecule has 1 aliphatic rings. The third kappa shape index (κ3) is 2.40. The second-order valence-electron chi connectivity index (χ2n) is 3.14. The van der Waals surface area contributed by atoms with Crippen molar-refractivity contribution in [2.45, 2.75) is 31.1 Å². The molecule has 0 aromatic rings. The molecule has 8 heteroatoms. The van der Waals surface area contributed by atoms with Crippen LogP contribution in [0.1, 0.15) is 12.8 Å². The zero-order valence-electron chi connectivity index (χ0n) is 7.11. The number of thiocyanates is 1. The zero-order chi connectivity index (χ0) is 11.9. The van der Waals surface area contributed by atoms with E-state index in [1.807, 2.05) is 5.40 Å². The smallest absolute Gasteiger partial charge is 0.184 e. The monoisotopic (exact) mass is 345 g/mol. The van der Waals surface area contributed by atoms with E-state index in [9.17, 15) is 0 Å². The molecule has 0 bridgehead atoms. The van der Waals surface area contributed by atoms with E-state index in [4.69, 9.17) is 74.9 Å². The minimum atomic E-state index is -1.72. The van der Waals surface area contributed by atoms with Crippen molar-refractivity contribution in [3.8, 4) is 5.40 Å². The first-order chi connectivity index (χ1) is 6.67. The summed E-state index contributed by atoms with van der Waals surface area (Å²) in [4.78, 5) is 0. The molecular weight excluding hydrogens is 343 g/mol. The van der Waals surface area contributed by atoms with Crippen molar-refractivity contribution in [1.29, 1.82) is 5.26 Å². The van der Waals surface area contributed by atoms with Crippen LogP contribution in [0.3, 0.4) is 0 Å². The molecule has 0 aromatic carbocycles. The number of nitrogens with zero attached hydrogens (tertiary/aromatic N) is 1. The molecule has 1 atom stereocenters. The fourth-order valence-electron chi connectivity index (χ4n) is 1.29. The Labute approximate surface area is 122 Å². The van der Waals surface area contributed by atoms with Gasteiger partial charge in [-0.25, -0.2) is 0 Å². The van der Waals surface area contributed by atoms with E-state index >= 15 is 0 Å². The van der Waals surface area contributed by atoms with Crippen LogP contribution in [0.5, 0.6) is 0 Å². The molecule has 1 saturated carbocycles. The lowest BCUT2D eigenvalue weighted by Gasteiger charge is -2.48. The second-order valence-corrected chi connectivity index (χ2v) is 8.32. The Balaban J connectivity index is 3.05. The van der Waals surface area contributed by atoms with Crippen LogP contribution < -0.4 is 0 Å². The van der Waals surface area contributed by atoms with E-state index in [0.717, 1.165) is 11.8 Å². The first-order valence-electron chi connectivity index (χ1n) is 3.85. The standard InChI is InChI=1S/C7H5Cl6NS/c8-5(9)2-1-4(15-3-14)6(10,11)7(5,12)13/h4H,1-2H2. The average Bonchev–Trinajstić information content (AvgIpc) is 2.09. The number of rotatable bonds is 1. The van der Waals surface area contributed by atoms with Crippen molar-refractivity contribution in [1.82, 2.24) is 0 Å². The van der Waals surface area contributed by atoms with Gasteiger partial charge in [0.15, 0.2) is 13.0 Å². The molecule has 0 radical (unpaired) electrons. The molecule has 1 nitrogen and oxygen atoms in total. The highest BCUT2D eigenvalue weighted by molar-refractivity contribution is 8.04. The summed E-state index contributed by atoms with van der Waals surface area (Å²) in [7, 11) is 0. The average molecular weight is 348 g/mol. The molecule has 0 amide bonds. The van der Waals surface area contributed by atoms with Gasteiger partial charge in [0.25, 0.3) is 0 Å². The van der Waals surface area contributed by atoms with Gasteiger partial charge in [-0.15, -0.1) is 0 Å². The second kappa shape index (κ2) is 4.69. The summed E-state index contributed by atoms with van der Waals surface area (Å²) >= 11 is 36.9. The lowest BCUT2D eigenvalue weighted by Crippen LogP contribution is -2.58. The van der Waals surface area contributed by atoms with Gasteiger partial charge in [-0.05, 0) is 24.6 Å². The number of halogens is 6. The van der Waals surface area contributed by atoms with Crippen LogP contribution in [-0.2, 0) is 0 Å². The maximum Gasteiger partial charge on any atom is 0.184 e. The fraction of sp³-hybridized carbons (Fsp3) is 0.857. The maximum absolute atomic E-state index is 8.59. The van der Waals surface area contributed by atoms with E-state index in [2.05, 4.69) is 0 Å². The molecule has 0 N–H and O–H groups in total. The lowest BCUT2D eigenvalue weighted by atomic mass is 9.96. The van der Waals surface area contributed by atoms with Crippen LogP contribution in [0.15, 0.2) is 0 Å². The number of alkyl halides is 6. The van der Waals surface area contributed by atoms with Crippen LogP contribution in [0, 0.1) is 10.7 Å². The zero-order valence-corrected chi connectivity index (χ0v) is 12.5. The Bertz CT molecular complexity index is 296. The van der Waals surface area contributed by atoms with Crippen LogP contribution in [0.2, 0.25) is 0 Å². The summed E-state index contributed by atoms with van der Waals surface area (Å²) in [6.07, 6.45) is 0.795. The van der Waals surface area contributed by atoms with Gasteiger partial charge in [-0.2, -0.15) is 5.26 Å². The van der Waals surface area contributed by atoms with Crippen LogP contribution >= 0.6 is 81.4 Å². The number of thioether (sulfide) groups is 1. The minimum absolute atomic E-state index is 0.323. The molecule has 1 aliphatic carbocycles. The van der Waals surface area contributed by atoms with Gasteiger partial charge < -0.3 is 0 Å². The van der Waals surface area contributed by atoms with Crippen molar-refractivity contribution in [2.75, 3.05) is 0 Å². The predicted molar refractivity (Wildman–Crippen MR) is 69.5 cm³/mol. The molecule has 0 heterocycles. The Morgan fingerprint density at radius 2 is 1.67 bits per heavy atom. The summed E-state index contributed by atoms with van der Waals surface area (Å²) in [6.45, 7) is 0. The molecular formula is C7H5Cl6NS. The molecule has 1 fully saturated rings. The molecule has 1 rings (SSSR count). The number of hydrogen-bond donors (Lipinski definition) is 0. The van der Waals surface area contributed by atoms with Crippen molar-refractivity contribution >= 4 is 81.4 Å². The van der Waals surface area contributed by atoms with E-state index in [0.29, 0.717) is 12.8 Å². The molecule has 0 aliphatic heterocycles. The number of nitriles is 1. The maximum atomic E-state index is 8.59. The summed E-state index contributed by atoms with van der Waals surface area (Å²) < 4.78 is -4.72. The molecule has 1 unspecified atom stereocenters. The van der Waals surface area contributed by atoms with Crippen molar-refractivity contribution in [3.05, 3.63) is 0 Å². The van der Waals surface area contributed by atoms with Gasteiger partial charge in [-0.3, -0.25) is 0 Å². The highest BCUT2D eigenvalue weighted by atomic mass is 35.5. The van der Waals surface area contributed by atoms with Crippen molar-refractivity contribution in [3.63, 3.8) is 0 Å². The van der Waals surface area contributed by atoms with Gasteiger partial charge in [-0.1, -0.05) is 69.6 Å². The van der Waals surface area contributed by atoms with Crippen molar-refractivity contribution < 1.29 is 0 Å². The summed E-state index contributed by atoms with van der Waals surface area (Å²) in [5.74, 6) is 0. The largest absolute Gasteiger partial charge is 0.185 e. The van der Waals surface area contributed by atoms with Crippen molar-refractivity contribution in [2.24, 2.45) is 0 Å². The van der Waals surface area contributed by atoms with Crippen LogP contribution in [0.25, 0.3) is 0 Å². The Hall–Kier alpha value is 1.58. The summed E-state index contributed by atoms with van der Waals surface area (Å²) in [5, 5.41) is 10.1. The highest BCUT2D eigenvalue weighted by Crippen LogP contribution is 2.63. The van der Waals surface area contributed by atoms with E-state index in [1.54, 1.807) is 0 Å². The number of hydrogen-bond acceptors (Lipinski definition) is 2. The van der Waals surface area contributed by atoms with Crippen LogP contribution in [0.4, 0.5) is 0 Å². The van der Waals surface area contributed by atoms with Gasteiger partial charge in [0, 0.05) is 0 Å². The highest BCUT2D eigenvalue weighted by Gasteiger charge is 2.66. The predicted octanol–water partition coefficient (Wildman–Crippen LogP) is 4.88. The third-order valence-electron chi connectivity index (χ3n) is 2.20. The Morgan fingerprint density at radius 3 is 2.13 bits per heavy atom. The van der Waals surface area contributed by atoms with E-state index < -0.39 is 18.3 Å². The van der Waals surface area contributed by atoms with Gasteiger partial charge in [0.05, 0.1) is 5.25 Å². The topological polar surface area (TPSA) is 23.8 Å². The molecule has 0 saturated heterocycles. The molecule has 86 valence electrons. The Kier molecular flexibility index (Phi) is 4.58. The van der Waals surface area contributed by atoms with Crippen LogP contribution in [-0.4, -0.2) is 18.3 Å². The van der Waals surface area contributed by atoms with Gasteiger partial charge in [0.2, 0.25) is 0 Å². The third-order valence-corrected chi connectivity index (χ3v) is 7.49. The normalized spacial score (nSPS) is 31.9. The van der Waals surface area contributed by atoms with Gasteiger partial charge >= 0.3 is 0 Å². The summed E-state index contributed by atoms with van der Waals surface area (Å²) in [6, 6.07) is 0.